The molecular formula is C26H42N4O6. The number of hydrogen-bond donors (Lipinski definition) is 4. The fourth-order valence-corrected chi connectivity index (χ4v) is 3.71. The van der Waals surface area contributed by atoms with Crippen molar-refractivity contribution in [1.82, 2.24) is 15.5 Å². The minimum absolute atomic E-state index is 0.115. The standard InChI is InChI=1S/C26H42N4O6/c1-8-9-10-14-28-23(33)21(18-13-11-12-17(4)22(18)32)30(16(2)3)24(34)19(15-20(27)31)29-25(35)36-26(5,6)7/h11-13,16,19,21,32H,8-10,14-15H2,1-7H3,(H2,27,31)(H,28,33)(H,29,35). The normalized spacial score (nSPS) is 13.0. The van der Waals surface area contributed by atoms with Gasteiger partial charge in [-0.2, -0.15) is 0 Å². The number of ether oxygens (including phenoxy) is 1. The van der Waals surface area contributed by atoms with Crippen LogP contribution in [0.1, 0.15) is 84.4 Å². The van der Waals surface area contributed by atoms with Crippen molar-refractivity contribution in [2.75, 3.05) is 6.54 Å². The number of carbonyl (C=O) groups is 4. The molecule has 0 aliphatic carbocycles. The first kappa shape index (κ1) is 30.7. The molecule has 0 aromatic heterocycles. The van der Waals surface area contributed by atoms with Gasteiger partial charge in [0.2, 0.25) is 17.7 Å². The summed E-state index contributed by atoms with van der Waals surface area (Å²) in [6.45, 7) is 12.5. The Morgan fingerprint density at radius 3 is 2.31 bits per heavy atom. The zero-order valence-corrected chi connectivity index (χ0v) is 22.5. The second kappa shape index (κ2) is 13.7. The first-order valence-corrected chi connectivity index (χ1v) is 12.4. The number of carbonyl (C=O) groups excluding carboxylic acids is 4. The van der Waals surface area contributed by atoms with Crippen LogP contribution < -0.4 is 16.4 Å². The number of rotatable bonds is 12. The van der Waals surface area contributed by atoms with Crippen LogP contribution in [0.15, 0.2) is 18.2 Å². The smallest absolute Gasteiger partial charge is 0.408 e. The van der Waals surface area contributed by atoms with Gasteiger partial charge < -0.3 is 31.1 Å². The highest BCUT2D eigenvalue weighted by molar-refractivity contribution is 5.95. The number of amides is 4. The Balaban J connectivity index is 3.48. The molecule has 0 fully saturated rings. The van der Waals surface area contributed by atoms with Crippen LogP contribution >= 0.6 is 0 Å². The number of alkyl carbamates (subject to hydrolysis) is 1. The van der Waals surface area contributed by atoms with E-state index in [0.717, 1.165) is 19.3 Å². The highest BCUT2D eigenvalue weighted by Crippen LogP contribution is 2.33. The van der Waals surface area contributed by atoms with Crippen LogP contribution in [0.5, 0.6) is 5.75 Å². The lowest BCUT2D eigenvalue weighted by Gasteiger charge is -2.37. The molecule has 36 heavy (non-hydrogen) atoms. The molecular weight excluding hydrogens is 464 g/mol. The van der Waals surface area contributed by atoms with Gasteiger partial charge in [-0.05, 0) is 53.5 Å². The summed E-state index contributed by atoms with van der Waals surface area (Å²) < 4.78 is 5.25. The zero-order valence-electron chi connectivity index (χ0n) is 22.5. The summed E-state index contributed by atoms with van der Waals surface area (Å²) >= 11 is 0. The number of benzene rings is 1. The highest BCUT2D eigenvalue weighted by atomic mass is 16.6. The maximum Gasteiger partial charge on any atom is 0.408 e. The monoisotopic (exact) mass is 506 g/mol. The van der Waals surface area contributed by atoms with E-state index in [1.807, 2.05) is 6.92 Å². The molecule has 0 radical (unpaired) electrons. The Morgan fingerprint density at radius 2 is 1.78 bits per heavy atom. The van der Waals surface area contributed by atoms with Gasteiger partial charge >= 0.3 is 6.09 Å². The molecule has 10 nitrogen and oxygen atoms in total. The number of phenolic OH excluding ortho intramolecular Hbond substituents is 1. The zero-order chi connectivity index (χ0) is 27.6. The molecule has 0 heterocycles. The fraction of sp³-hybridized carbons (Fsp3) is 0.615. The molecule has 0 bridgehead atoms. The van der Waals surface area contributed by atoms with E-state index in [-0.39, 0.29) is 11.3 Å². The molecule has 0 saturated carbocycles. The molecule has 0 spiro atoms. The first-order valence-electron chi connectivity index (χ1n) is 12.4. The summed E-state index contributed by atoms with van der Waals surface area (Å²) in [4.78, 5) is 52.7. The third-order valence-corrected chi connectivity index (χ3v) is 5.37. The van der Waals surface area contributed by atoms with E-state index in [0.29, 0.717) is 12.1 Å². The molecule has 1 aromatic rings. The predicted molar refractivity (Wildman–Crippen MR) is 137 cm³/mol. The predicted octanol–water partition coefficient (Wildman–Crippen LogP) is 3.05. The summed E-state index contributed by atoms with van der Waals surface area (Å²) in [7, 11) is 0. The molecule has 4 amide bonds. The lowest BCUT2D eigenvalue weighted by molar-refractivity contribution is -0.145. The average Bonchev–Trinajstić information content (AvgIpc) is 2.74. The van der Waals surface area contributed by atoms with E-state index >= 15 is 0 Å². The summed E-state index contributed by atoms with van der Waals surface area (Å²) in [5.41, 5.74) is 5.31. The van der Waals surface area contributed by atoms with Gasteiger partial charge in [0.1, 0.15) is 23.4 Å². The van der Waals surface area contributed by atoms with Gasteiger partial charge in [-0.3, -0.25) is 14.4 Å². The van der Waals surface area contributed by atoms with Crippen molar-refractivity contribution in [2.24, 2.45) is 5.73 Å². The van der Waals surface area contributed by atoms with Crippen LogP contribution in [0.4, 0.5) is 4.79 Å². The number of hydrogen-bond acceptors (Lipinski definition) is 6. The van der Waals surface area contributed by atoms with Crippen LogP contribution in [-0.4, -0.2) is 58.1 Å². The maximum atomic E-state index is 13.8. The van der Waals surface area contributed by atoms with Crippen LogP contribution in [0.3, 0.4) is 0 Å². The molecule has 0 saturated heterocycles. The van der Waals surface area contributed by atoms with E-state index in [2.05, 4.69) is 10.6 Å². The highest BCUT2D eigenvalue weighted by Gasteiger charge is 2.39. The maximum absolute atomic E-state index is 13.8. The second-order valence-corrected chi connectivity index (χ2v) is 10.1. The number of primary amides is 1. The van der Waals surface area contributed by atoms with Gasteiger partial charge in [-0.15, -0.1) is 0 Å². The van der Waals surface area contributed by atoms with Crippen LogP contribution in [0.25, 0.3) is 0 Å². The SMILES string of the molecule is CCCCCNC(=O)C(c1cccc(C)c1O)N(C(=O)C(CC(N)=O)NC(=O)OC(C)(C)C)C(C)C. The first-order chi connectivity index (χ1) is 16.7. The number of aryl methyl sites for hydroxylation is 1. The van der Waals surface area contributed by atoms with E-state index in [1.165, 1.54) is 4.90 Å². The van der Waals surface area contributed by atoms with Crippen molar-refractivity contribution in [2.45, 2.75) is 97.9 Å². The Hall–Kier alpha value is -3.30. The quantitative estimate of drug-likeness (QED) is 0.320. The number of aromatic hydroxyl groups is 1. The van der Waals surface area contributed by atoms with Crippen molar-refractivity contribution in [3.05, 3.63) is 29.3 Å². The number of phenols is 1. The van der Waals surface area contributed by atoms with Gasteiger partial charge in [-0.25, -0.2) is 4.79 Å². The Kier molecular flexibility index (Phi) is 11.7. The Labute approximate surface area is 213 Å². The molecule has 202 valence electrons. The van der Waals surface area contributed by atoms with Crippen molar-refractivity contribution in [3.63, 3.8) is 0 Å². The Bertz CT molecular complexity index is 925. The number of nitrogens with two attached hydrogens (primary N) is 1. The second-order valence-electron chi connectivity index (χ2n) is 10.1. The third kappa shape index (κ3) is 9.39. The fourth-order valence-electron chi connectivity index (χ4n) is 3.71. The topological polar surface area (TPSA) is 151 Å². The summed E-state index contributed by atoms with van der Waals surface area (Å²) in [5.74, 6) is -2.11. The van der Waals surface area contributed by atoms with Crippen molar-refractivity contribution < 1.29 is 29.0 Å². The molecule has 5 N–H and O–H groups in total. The number of unbranched alkanes of at least 4 members (excludes halogenated alkanes) is 2. The molecule has 2 unspecified atom stereocenters. The third-order valence-electron chi connectivity index (χ3n) is 5.37. The molecule has 0 aliphatic rings. The van der Waals surface area contributed by atoms with Gasteiger partial charge in [0.05, 0.1) is 6.42 Å². The van der Waals surface area contributed by atoms with Gasteiger partial charge in [-0.1, -0.05) is 38.0 Å². The van der Waals surface area contributed by atoms with Crippen LogP contribution in [0, 0.1) is 6.92 Å². The largest absolute Gasteiger partial charge is 0.507 e. The van der Waals surface area contributed by atoms with E-state index in [9.17, 15) is 24.3 Å². The lowest BCUT2D eigenvalue weighted by Crippen LogP contribution is -2.56. The average molecular weight is 507 g/mol. The molecule has 1 rings (SSSR count). The van der Waals surface area contributed by atoms with E-state index in [1.54, 1.807) is 59.7 Å². The van der Waals surface area contributed by atoms with Crippen LogP contribution in [-0.2, 0) is 19.1 Å². The van der Waals surface area contributed by atoms with E-state index < -0.39 is 54.0 Å². The number of nitrogens with one attached hydrogen (secondary N) is 2. The minimum Gasteiger partial charge on any atom is -0.507 e. The van der Waals surface area contributed by atoms with Crippen molar-refractivity contribution in [1.29, 1.82) is 0 Å². The lowest BCUT2D eigenvalue weighted by atomic mass is 9.97. The van der Waals surface area contributed by atoms with Gasteiger partial charge in [0.15, 0.2) is 0 Å². The summed E-state index contributed by atoms with van der Waals surface area (Å²) in [6.07, 6.45) is 1.26. The van der Waals surface area contributed by atoms with Gasteiger partial charge in [0, 0.05) is 18.2 Å². The summed E-state index contributed by atoms with van der Waals surface area (Å²) in [6, 6.07) is 1.82. The molecule has 2 atom stereocenters. The minimum atomic E-state index is -1.37. The molecule has 1 aromatic carbocycles. The molecule has 10 heteroatoms. The number of para-hydroxylation sites is 1. The van der Waals surface area contributed by atoms with Gasteiger partial charge in [0.25, 0.3) is 0 Å². The Morgan fingerprint density at radius 1 is 1.14 bits per heavy atom. The van der Waals surface area contributed by atoms with Crippen molar-refractivity contribution in [3.8, 4) is 5.75 Å². The summed E-state index contributed by atoms with van der Waals surface area (Å²) in [5, 5.41) is 16.1. The van der Waals surface area contributed by atoms with Crippen LogP contribution in [0.2, 0.25) is 0 Å². The van der Waals surface area contributed by atoms with Crippen molar-refractivity contribution >= 4 is 23.8 Å². The molecule has 0 aliphatic heterocycles. The van der Waals surface area contributed by atoms with E-state index in [4.69, 9.17) is 10.5 Å². The number of nitrogens with zero attached hydrogens (tertiary/aromatic N) is 1.